The van der Waals surface area contributed by atoms with Gasteiger partial charge in [0, 0.05) is 0 Å². The van der Waals surface area contributed by atoms with Gasteiger partial charge in [0.1, 0.15) is 6.61 Å². The van der Waals surface area contributed by atoms with E-state index in [0.717, 1.165) is 44.9 Å². The quantitative estimate of drug-likeness (QED) is 0.494. The third-order valence-corrected chi connectivity index (χ3v) is 4.22. The minimum atomic E-state index is -0.163. The first-order valence-electron chi connectivity index (χ1n) is 8.77. The van der Waals surface area contributed by atoms with Gasteiger partial charge in [0.2, 0.25) is 0 Å². The summed E-state index contributed by atoms with van der Waals surface area (Å²) in [7, 11) is 0. The summed E-state index contributed by atoms with van der Waals surface area (Å²) in [5.41, 5.74) is 4.31. The van der Waals surface area contributed by atoms with Crippen LogP contribution in [0.1, 0.15) is 65.7 Å². The molecule has 0 aromatic carbocycles. The van der Waals surface area contributed by atoms with Crippen LogP contribution in [0.2, 0.25) is 0 Å². The third-order valence-electron chi connectivity index (χ3n) is 4.22. The molecule has 0 heterocycles. The van der Waals surface area contributed by atoms with E-state index in [4.69, 9.17) is 9.84 Å². The van der Waals surface area contributed by atoms with Crippen LogP contribution < -0.4 is 0 Å². The molecule has 0 bridgehead atoms. The van der Waals surface area contributed by atoms with Crippen LogP contribution in [-0.2, 0) is 9.53 Å². The molecule has 0 saturated carbocycles. The molecule has 0 fully saturated rings. The molecule has 1 atom stereocenters. The Labute approximate surface area is 141 Å². The first kappa shape index (κ1) is 19.7. The number of aliphatic hydroxyl groups is 1. The van der Waals surface area contributed by atoms with Crippen LogP contribution in [0.4, 0.5) is 0 Å². The Morgan fingerprint density at radius 3 is 2.70 bits per heavy atom. The highest BCUT2D eigenvalue weighted by Crippen LogP contribution is 2.27. The molecule has 1 aliphatic rings. The Morgan fingerprint density at radius 2 is 2.09 bits per heavy atom. The number of hydrogen-bond acceptors (Lipinski definition) is 3. The third kappa shape index (κ3) is 8.75. The minimum Gasteiger partial charge on any atom is -0.463 e. The standard InChI is InChI=1S/C20H32O3/c1-16(2)6-4-7-17(3)8-5-9-18-10-12-19(13-11-18)20(22)23-15-14-21/h6,8,10,19,21H,4-5,7,9,11-15H2,1-3H3. The zero-order valence-corrected chi connectivity index (χ0v) is 14.9. The highest BCUT2D eigenvalue weighted by Gasteiger charge is 2.22. The molecule has 0 aromatic heterocycles. The fraction of sp³-hybridized carbons (Fsp3) is 0.650. The lowest BCUT2D eigenvalue weighted by Gasteiger charge is -2.20. The summed E-state index contributed by atoms with van der Waals surface area (Å²) in [5.74, 6) is -0.184. The van der Waals surface area contributed by atoms with Crippen LogP contribution in [-0.4, -0.2) is 24.3 Å². The molecule has 23 heavy (non-hydrogen) atoms. The Kier molecular flexibility index (Phi) is 9.61. The fourth-order valence-electron chi connectivity index (χ4n) is 2.79. The van der Waals surface area contributed by atoms with Crippen molar-refractivity contribution < 1.29 is 14.6 Å². The van der Waals surface area contributed by atoms with Gasteiger partial charge in [-0.05, 0) is 65.7 Å². The lowest BCUT2D eigenvalue weighted by atomic mass is 9.87. The van der Waals surface area contributed by atoms with Crippen molar-refractivity contribution in [1.29, 1.82) is 0 Å². The smallest absolute Gasteiger partial charge is 0.309 e. The van der Waals surface area contributed by atoms with E-state index < -0.39 is 0 Å². The fourth-order valence-corrected chi connectivity index (χ4v) is 2.79. The van der Waals surface area contributed by atoms with E-state index in [1.54, 1.807) is 0 Å². The highest BCUT2D eigenvalue weighted by molar-refractivity contribution is 5.72. The molecule has 0 aliphatic heterocycles. The maximum Gasteiger partial charge on any atom is 0.309 e. The van der Waals surface area contributed by atoms with Crippen molar-refractivity contribution >= 4 is 5.97 Å². The predicted octanol–water partition coefficient (Wildman–Crippen LogP) is 4.72. The van der Waals surface area contributed by atoms with Gasteiger partial charge in [-0.25, -0.2) is 0 Å². The maximum absolute atomic E-state index is 11.7. The average molecular weight is 320 g/mol. The number of carbonyl (C=O) groups excluding carboxylic acids is 1. The number of allylic oxidation sites excluding steroid dienone is 6. The molecular formula is C20H32O3. The molecule has 1 unspecified atom stereocenters. The molecule has 130 valence electrons. The second-order valence-corrected chi connectivity index (χ2v) is 6.63. The lowest BCUT2D eigenvalue weighted by molar-refractivity contribution is -0.149. The van der Waals surface area contributed by atoms with E-state index in [0.29, 0.717) is 0 Å². The van der Waals surface area contributed by atoms with Gasteiger partial charge in [0.15, 0.2) is 0 Å². The summed E-state index contributed by atoms with van der Waals surface area (Å²) in [6.07, 6.45) is 13.9. The van der Waals surface area contributed by atoms with Crippen LogP contribution in [0.5, 0.6) is 0 Å². The number of aliphatic hydroxyl groups excluding tert-OH is 1. The van der Waals surface area contributed by atoms with Crippen LogP contribution in [0, 0.1) is 5.92 Å². The number of ether oxygens (including phenoxy) is 1. The molecule has 0 amide bonds. The summed E-state index contributed by atoms with van der Waals surface area (Å²) < 4.78 is 5.00. The van der Waals surface area contributed by atoms with Crippen LogP contribution >= 0.6 is 0 Å². The SMILES string of the molecule is CC(C)=CCCC(C)=CCCC1=CCC(C(=O)OCCO)CC1. The summed E-state index contributed by atoms with van der Waals surface area (Å²) in [6.45, 7) is 6.51. The number of hydrogen-bond donors (Lipinski definition) is 1. The van der Waals surface area contributed by atoms with Crippen LogP contribution in [0.25, 0.3) is 0 Å². The molecule has 0 spiro atoms. The average Bonchev–Trinajstić information content (AvgIpc) is 2.53. The van der Waals surface area contributed by atoms with Crippen LogP contribution in [0.15, 0.2) is 34.9 Å². The molecule has 0 saturated heterocycles. The van der Waals surface area contributed by atoms with Crippen molar-refractivity contribution in [3.63, 3.8) is 0 Å². The van der Waals surface area contributed by atoms with Crippen molar-refractivity contribution in [2.75, 3.05) is 13.2 Å². The van der Waals surface area contributed by atoms with E-state index in [1.165, 1.54) is 16.7 Å². The van der Waals surface area contributed by atoms with E-state index in [1.807, 2.05) is 0 Å². The van der Waals surface area contributed by atoms with E-state index in [9.17, 15) is 4.79 Å². The molecule has 3 heteroatoms. The maximum atomic E-state index is 11.7. The van der Waals surface area contributed by atoms with Gasteiger partial charge in [-0.2, -0.15) is 0 Å². The summed E-state index contributed by atoms with van der Waals surface area (Å²) >= 11 is 0. The van der Waals surface area contributed by atoms with Gasteiger partial charge in [-0.3, -0.25) is 4.79 Å². The Morgan fingerprint density at radius 1 is 1.30 bits per heavy atom. The molecule has 0 radical (unpaired) electrons. The second kappa shape index (κ2) is 11.2. The van der Waals surface area contributed by atoms with Gasteiger partial charge < -0.3 is 9.84 Å². The predicted molar refractivity (Wildman–Crippen MR) is 95.1 cm³/mol. The summed E-state index contributed by atoms with van der Waals surface area (Å²) in [6, 6.07) is 0. The topological polar surface area (TPSA) is 46.5 Å². The van der Waals surface area contributed by atoms with Crippen molar-refractivity contribution in [3.05, 3.63) is 34.9 Å². The normalized spacial score (nSPS) is 18.3. The Balaban J connectivity index is 2.27. The van der Waals surface area contributed by atoms with Gasteiger partial charge in [-0.15, -0.1) is 0 Å². The van der Waals surface area contributed by atoms with Gasteiger partial charge in [-0.1, -0.05) is 34.9 Å². The second-order valence-electron chi connectivity index (χ2n) is 6.63. The Hall–Kier alpha value is -1.35. The Bertz CT molecular complexity index is 454. The molecule has 1 N–H and O–H groups in total. The van der Waals surface area contributed by atoms with Crippen molar-refractivity contribution in [2.45, 2.75) is 65.7 Å². The van der Waals surface area contributed by atoms with Gasteiger partial charge in [0.25, 0.3) is 0 Å². The number of esters is 1. The molecule has 3 nitrogen and oxygen atoms in total. The summed E-state index contributed by atoms with van der Waals surface area (Å²) in [5, 5.41) is 8.68. The van der Waals surface area contributed by atoms with E-state index in [2.05, 4.69) is 39.0 Å². The first-order valence-corrected chi connectivity index (χ1v) is 8.77. The monoisotopic (exact) mass is 320 g/mol. The van der Waals surface area contributed by atoms with E-state index in [-0.39, 0.29) is 25.1 Å². The zero-order chi connectivity index (χ0) is 17.1. The van der Waals surface area contributed by atoms with Crippen molar-refractivity contribution in [2.24, 2.45) is 5.92 Å². The molecule has 1 rings (SSSR count). The molecule has 0 aromatic rings. The summed E-state index contributed by atoms with van der Waals surface area (Å²) in [4.78, 5) is 11.7. The van der Waals surface area contributed by atoms with Gasteiger partial charge in [0.05, 0.1) is 12.5 Å². The largest absolute Gasteiger partial charge is 0.463 e. The number of carbonyl (C=O) groups is 1. The number of rotatable bonds is 9. The zero-order valence-electron chi connectivity index (χ0n) is 14.9. The first-order chi connectivity index (χ1) is 11.0. The minimum absolute atomic E-state index is 0.0216. The molecular weight excluding hydrogens is 288 g/mol. The lowest BCUT2D eigenvalue weighted by Crippen LogP contribution is -2.21. The highest BCUT2D eigenvalue weighted by atomic mass is 16.5. The van der Waals surface area contributed by atoms with Gasteiger partial charge >= 0.3 is 5.97 Å². The van der Waals surface area contributed by atoms with Crippen molar-refractivity contribution in [1.82, 2.24) is 0 Å². The van der Waals surface area contributed by atoms with Crippen molar-refractivity contribution in [3.8, 4) is 0 Å². The van der Waals surface area contributed by atoms with E-state index >= 15 is 0 Å². The molecule has 1 aliphatic carbocycles. The van der Waals surface area contributed by atoms with Crippen LogP contribution in [0.3, 0.4) is 0 Å².